The van der Waals surface area contributed by atoms with Gasteiger partial charge in [-0.1, -0.05) is 11.6 Å². The van der Waals surface area contributed by atoms with Crippen LogP contribution < -0.4 is 10.5 Å². The topological polar surface area (TPSA) is 35.2 Å². The molecule has 2 nitrogen and oxygen atoms in total. The molecule has 1 rings (SSSR count). The lowest BCUT2D eigenvalue weighted by Crippen LogP contribution is -1.98. The summed E-state index contributed by atoms with van der Waals surface area (Å²) in [6.07, 6.45) is 0. The third kappa shape index (κ3) is 1.61. The SMILES string of the molecule is CCOc1c(N)ccc(F)c1Cl. The summed E-state index contributed by atoms with van der Waals surface area (Å²) in [7, 11) is 0. The molecule has 0 spiro atoms. The summed E-state index contributed by atoms with van der Waals surface area (Å²) in [5, 5.41) is -0.0585. The van der Waals surface area contributed by atoms with Crippen molar-refractivity contribution in [2.75, 3.05) is 12.3 Å². The number of hydrogen-bond donors (Lipinski definition) is 1. The van der Waals surface area contributed by atoms with E-state index >= 15 is 0 Å². The normalized spacial score (nSPS) is 9.92. The van der Waals surface area contributed by atoms with E-state index < -0.39 is 5.82 Å². The van der Waals surface area contributed by atoms with Gasteiger partial charge in [0.2, 0.25) is 0 Å². The van der Waals surface area contributed by atoms with E-state index in [1.807, 2.05) is 0 Å². The molecule has 0 amide bonds. The van der Waals surface area contributed by atoms with Gasteiger partial charge in [0.15, 0.2) is 5.75 Å². The van der Waals surface area contributed by atoms with Gasteiger partial charge in [0.25, 0.3) is 0 Å². The van der Waals surface area contributed by atoms with Gasteiger partial charge in [0.1, 0.15) is 10.8 Å². The third-order valence-electron chi connectivity index (χ3n) is 1.37. The van der Waals surface area contributed by atoms with Crippen LogP contribution in [0.4, 0.5) is 10.1 Å². The largest absolute Gasteiger partial charge is 0.490 e. The fraction of sp³-hybridized carbons (Fsp3) is 0.250. The minimum Gasteiger partial charge on any atom is -0.490 e. The van der Waals surface area contributed by atoms with E-state index in [-0.39, 0.29) is 10.8 Å². The molecule has 1 aromatic rings. The summed E-state index contributed by atoms with van der Waals surface area (Å²) in [6, 6.07) is 2.63. The first-order valence-corrected chi connectivity index (χ1v) is 3.91. The lowest BCUT2D eigenvalue weighted by atomic mass is 10.3. The van der Waals surface area contributed by atoms with Crippen molar-refractivity contribution in [3.63, 3.8) is 0 Å². The molecule has 0 aromatic heterocycles. The molecular formula is C8H9ClFNO. The van der Waals surface area contributed by atoms with E-state index in [1.165, 1.54) is 12.1 Å². The zero-order chi connectivity index (χ0) is 9.14. The molecule has 0 heterocycles. The first-order valence-electron chi connectivity index (χ1n) is 3.53. The maximum Gasteiger partial charge on any atom is 0.163 e. The highest BCUT2D eigenvalue weighted by Gasteiger charge is 2.09. The van der Waals surface area contributed by atoms with Gasteiger partial charge in [0, 0.05) is 0 Å². The quantitative estimate of drug-likeness (QED) is 0.726. The van der Waals surface area contributed by atoms with Crippen molar-refractivity contribution in [3.05, 3.63) is 23.0 Å². The van der Waals surface area contributed by atoms with Crippen molar-refractivity contribution in [1.82, 2.24) is 0 Å². The number of hydrogen-bond acceptors (Lipinski definition) is 2. The van der Waals surface area contributed by atoms with E-state index in [0.29, 0.717) is 12.3 Å². The molecule has 0 radical (unpaired) electrons. The summed E-state index contributed by atoms with van der Waals surface area (Å²) in [5.74, 6) is -0.298. The van der Waals surface area contributed by atoms with Crippen LogP contribution in [0.3, 0.4) is 0 Å². The Morgan fingerprint density at radius 2 is 2.25 bits per heavy atom. The van der Waals surface area contributed by atoms with Crippen LogP contribution in [-0.2, 0) is 0 Å². The van der Waals surface area contributed by atoms with Crippen molar-refractivity contribution in [1.29, 1.82) is 0 Å². The van der Waals surface area contributed by atoms with E-state index in [2.05, 4.69) is 0 Å². The van der Waals surface area contributed by atoms with Crippen molar-refractivity contribution in [3.8, 4) is 5.75 Å². The van der Waals surface area contributed by atoms with Gasteiger partial charge >= 0.3 is 0 Å². The Hall–Kier alpha value is -0.960. The Labute approximate surface area is 75.1 Å². The predicted octanol–water partition coefficient (Wildman–Crippen LogP) is 2.46. The van der Waals surface area contributed by atoms with Crippen molar-refractivity contribution in [2.45, 2.75) is 6.92 Å². The van der Waals surface area contributed by atoms with Crippen molar-refractivity contribution in [2.24, 2.45) is 0 Å². The number of anilines is 1. The molecule has 12 heavy (non-hydrogen) atoms. The number of benzene rings is 1. The molecule has 4 heteroatoms. The van der Waals surface area contributed by atoms with Crippen molar-refractivity contribution < 1.29 is 9.13 Å². The summed E-state index contributed by atoms with van der Waals surface area (Å²) < 4.78 is 17.9. The lowest BCUT2D eigenvalue weighted by molar-refractivity contribution is 0.340. The second-order valence-electron chi connectivity index (χ2n) is 2.21. The first kappa shape index (κ1) is 9.13. The molecule has 0 fully saturated rings. The van der Waals surface area contributed by atoms with E-state index in [0.717, 1.165) is 0 Å². The van der Waals surface area contributed by atoms with Crippen LogP contribution in [0, 0.1) is 5.82 Å². The first-order chi connectivity index (χ1) is 5.66. The fourth-order valence-electron chi connectivity index (χ4n) is 0.838. The number of nitrogens with two attached hydrogens (primary N) is 1. The van der Waals surface area contributed by atoms with Crippen molar-refractivity contribution >= 4 is 17.3 Å². The van der Waals surface area contributed by atoms with Gasteiger partial charge in [-0.3, -0.25) is 0 Å². The van der Waals surface area contributed by atoms with Gasteiger partial charge in [-0.05, 0) is 19.1 Å². The Kier molecular flexibility index (Phi) is 2.76. The predicted molar refractivity (Wildman–Crippen MR) is 47.0 cm³/mol. The number of halogens is 2. The molecule has 0 aliphatic carbocycles. The minimum absolute atomic E-state index is 0.0585. The number of rotatable bonds is 2. The van der Waals surface area contributed by atoms with Crippen LogP contribution in [-0.4, -0.2) is 6.61 Å². The second kappa shape index (κ2) is 3.63. The molecular weight excluding hydrogens is 181 g/mol. The monoisotopic (exact) mass is 189 g/mol. The second-order valence-corrected chi connectivity index (χ2v) is 2.59. The van der Waals surface area contributed by atoms with Gasteiger partial charge < -0.3 is 10.5 Å². The van der Waals surface area contributed by atoms with Gasteiger partial charge in [-0.25, -0.2) is 4.39 Å². The Balaban J connectivity index is 3.14. The summed E-state index contributed by atoms with van der Waals surface area (Å²) in [5.41, 5.74) is 5.85. The molecule has 1 aromatic carbocycles. The number of ether oxygens (including phenoxy) is 1. The van der Waals surface area contributed by atoms with Crippen LogP contribution in [0.2, 0.25) is 5.02 Å². The highest BCUT2D eigenvalue weighted by atomic mass is 35.5. The smallest absolute Gasteiger partial charge is 0.163 e. The molecule has 0 atom stereocenters. The van der Waals surface area contributed by atoms with Gasteiger partial charge in [0.05, 0.1) is 12.3 Å². The molecule has 0 unspecified atom stereocenters. The number of nitrogen functional groups attached to an aromatic ring is 1. The lowest BCUT2D eigenvalue weighted by Gasteiger charge is -2.08. The Bertz CT molecular complexity index is 291. The average Bonchev–Trinajstić information content (AvgIpc) is 2.06. The van der Waals surface area contributed by atoms with E-state index in [1.54, 1.807) is 6.92 Å². The maximum atomic E-state index is 12.8. The summed E-state index contributed by atoms with van der Waals surface area (Å²) in [4.78, 5) is 0. The van der Waals surface area contributed by atoms with Crippen LogP contribution in [0.15, 0.2) is 12.1 Å². The molecule has 66 valence electrons. The van der Waals surface area contributed by atoms with Crippen LogP contribution in [0.5, 0.6) is 5.75 Å². The minimum atomic E-state index is -0.519. The molecule has 0 saturated carbocycles. The standard InChI is InChI=1S/C8H9ClFNO/c1-2-12-8-6(11)4-3-5(10)7(8)9/h3-4H,2,11H2,1H3. The molecule has 0 saturated heterocycles. The van der Waals surface area contributed by atoms with Gasteiger partial charge in [-0.2, -0.15) is 0 Å². The maximum absolute atomic E-state index is 12.8. The zero-order valence-electron chi connectivity index (χ0n) is 6.60. The van der Waals surface area contributed by atoms with E-state index in [9.17, 15) is 4.39 Å². The Morgan fingerprint density at radius 3 is 2.83 bits per heavy atom. The fourth-order valence-corrected chi connectivity index (χ4v) is 1.06. The average molecular weight is 190 g/mol. The molecule has 2 N–H and O–H groups in total. The molecule has 0 aliphatic heterocycles. The third-order valence-corrected chi connectivity index (χ3v) is 1.72. The summed E-state index contributed by atoms with van der Waals surface area (Å²) in [6.45, 7) is 2.19. The molecule has 0 aliphatic rings. The molecule has 0 bridgehead atoms. The van der Waals surface area contributed by atoms with Crippen LogP contribution in [0.1, 0.15) is 6.92 Å². The highest BCUT2D eigenvalue weighted by Crippen LogP contribution is 2.32. The Morgan fingerprint density at radius 1 is 1.58 bits per heavy atom. The van der Waals surface area contributed by atoms with Gasteiger partial charge in [-0.15, -0.1) is 0 Å². The van der Waals surface area contributed by atoms with E-state index in [4.69, 9.17) is 22.1 Å². The van der Waals surface area contributed by atoms with Crippen LogP contribution >= 0.6 is 11.6 Å². The highest BCUT2D eigenvalue weighted by molar-refractivity contribution is 6.32. The van der Waals surface area contributed by atoms with Crippen LogP contribution in [0.25, 0.3) is 0 Å². The zero-order valence-corrected chi connectivity index (χ0v) is 7.36. The summed E-state index contributed by atoms with van der Waals surface area (Å²) >= 11 is 5.60.